The van der Waals surface area contributed by atoms with Gasteiger partial charge in [0.05, 0.1) is 0 Å². The van der Waals surface area contributed by atoms with Gasteiger partial charge in [-0.2, -0.15) is 0 Å². The zero-order valence-corrected chi connectivity index (χ0v) is 8.45. The van der Waals surface area contributed by atoms with Gasteiger partial charge in [0.15, 0.2) is 0 Å². The van der Waals surface area contributed by atoms with Crippen molar-refractivity contribution >= 4 is 5.82 Å². The van der Waals surface area contributed by atoms with E-state index in [9.17, 15) is 8.78 Å². The second-order valence-electron chi connectivity index (χ2n) is 3.47. The first-order valence-electron chi connectivity index (χ1n) is 4.80. The van der Waals surface area contributed by atoms with Crippen LogP contribution in [0, 0.1) is 11.6 Å². The van der Waals surface area contributed by atoms with Crippen LogP contribution in [0.25, 0.3) is 0 Å². The van der Waals surface area contributed by atoms with E-state index in [1.165, 1.54) is 6.07 Å². The van der Waals surface area contributed by atoms with Crippen LogP contribution in [0.4, 0.5) is 14.6 Å². The Kier molecular flexibility index (Phi) is 2.81. The number of pyridine rings is 1. The van der Waals surface area contributed by atoms with E-state index in [0.717, 1.165) is 12.1 Å². The summed E-state index contributed by atoms with van der Waals surface area (Å²) in [5, 5.41) is 0. The number of nitrogen functional groups attached to an aromatic ring is 1. The molecule has 0 unspecified atom stereocenters. The largest absolute Gasteiger partial charge is 0.384 e. The molecule has 0 bridgehead atoms. The minimum absolute atomic E-state index is 0.231. The summed E-state index contributed by atoms with van der Waals surface area (Å²) in [5.41, 5.74) is 6.39. The van der Waals surface area contributed by atoms with Crippen molar-refractivity contribution in [2.24, 2.45) is 0 Å². The van der Waals surface area contributed by atoms with Crippen molar-refractivity contribution in [1.29, 1.82) is 0 Å². The predicted molar refractivity (Wildman–Crippen MR) is 57.8 cm³/mol. The molecule has 1 aromatic carbocycles. The zero-order valence-electron chi connectivity index (χ0n) is 8.45. The molecule has 2 rings (SSSR count). The molecular weight excluding hydrogens is 210 g/mol. The van der Waals surface area contributed by atoms with Crippen molar-refractivity contribution in [1.82, 2.24) is 4.98 Å². The Hall–Kier alpha value is -1.97. The molecule has 0 aliphatic heterocycles. The quantitative estimate of drug-likeness (QED) is 0.844. The van der Waals surface area contributed by atoms with Gasteiger partial charge in [-0.05, 0) is 35.9 Å². The van der Waals surface area contributed by atoms with Crippen molar-refractivity contribution in [2.45, 2.75) is 6.42 Å². The Balaban J connectivity index is 2.30. The lowest BCUT2D eigenvalue weighted by Crippen LogP contribution is -1.98. The fourth-order valence-corrected chi connectivity index (χ4v) is 1.47. The minimum atomic E-state index is -0.458. The van der Waals surface area contributed by atoms with Crippen molar-refractivity contribution in [3.63, 3.8) is 0 Å². The maximum absolute atomic E-state index is 13.3. The SMILES string of the molecule is Nc1cccc(Cc2cc(F)ccc2F)n1. The molecule has 0 saturated heterocycles. The van der Waals surface area contributed by atoms with Gasteiger partial charge >= 0.3 is 0 Å². The van der Waals surface area contributed by atoms with E-state index in [0.29, 0.717) is 11.5 Å². The number of nitrogens with two attached hydrogens (primary N) is 1. The van der Waals surface area contributed by atoms with Crippen molar-refractivity contribution in [3.8, 4) is 0 Å². The molecule has 82 valence electrons. The number of hydrogen-bond acceptors (Lipinski definition) is 2. The molecule has 4 heteroatoms. The Labute approximate surface area is 91.7 Å². The third-order valence-electron chi connectivity index (χ3n) is 2.21. The maximum atomic E-state index is 13.3. The molecule has 0 aliphatic carbocycles. The number of hydrogen-bond donors (Lipinski definition) is 1. The fraction of sp³-hybridized carbons (Fsp3) is 0.0833. The summed E-state index contributed by atoms with van der Waals surface area (Å²) in [4.78, 5) is 4.03. The Morgan fingerprint density at radius 1 is 1.12 bits per heavy atom. The van der Waals surface area contributed by atoms with Gasteiger partial charge in [-0.3, -0.25) is 0 Å². The molecule has 0 radical (unpaired) electrons. The first-order chi connectivity index (χ1) is 7.65. The molecule has 2 N–H and O–H groups in total. The Morgan fingerprint density at radius 2 is 1.94 bits per heavy atom. The van der Waals surface area contributed by atoms with Crippen LogP contribution in [0.2, 0.25) is 0 Å². The van der Waals surface area contributed by atoms with E-state index in [2.05, 4.69) is 4.98 Å². The highest BCUT2D eigenvalue weighted by Crippen LogP contribution is 2.14. The summed E-state index contributed by atoms with van der Waals surface area (Å²) in [6.45, 7) is 0. The van der Waals surface area contributed by atoms with E-state index in [1.807, 2.05) is 0 Å². The van der Waals surface area contributed by atoms with Crippen LogP contribution in [0.3, 0.4) is 0 Å². The summed E-state index contributed by atoms with van der Waals surface area (Å²) < 4.78 is 26.2. The number of aromatic nitrogens is 1. The normalized spacial score (nSPS) is 10.4. The van der Waals surface area contributed by atoms with Crippen molar-refractivity contribution in [2.75, 3.05) is 5.73 Å². The third kappa shape index (κ3) is 2.34. The summed E-state index contributed by atoms with van der Waals surface area (Å²) in [7, 11) is 0. The zero-order chi connectivity index (χ0) is 11.5. The lowest BCUT2D eigenvalue weighted by atomic mass is 10.1. The standard InChI is InChI=1S/C12H10F2N2/c13-9-4-5-11(14)8(6-9)7-10-2-1-3-12(15)16-10/h1-6H,7H2,(H2,15,16). The van der Waals surface area contributed by atoms with Crippen molar-refractivity contribution < 1.29 is 8.78 Å². The highest BCUT2D eigenvalue weighted by atomic mass is 19.1. The van der Waals surface area contributed by atoms with Gasteiger partial charge in [0, 0.05) is 12.1 Å². The van der Waals surface area contributed by atoms with E-state index in [4.69, 9.17) is 5.73 Å². The second kappa shape index (κ2) is 4.26. The van der Waals surface area contributed by atoms with E-state index >= 15 is 0 Å². The number of nitrogens with zero attached hydrogens (tertiary/aromatic N) is 1. The first-order valence-corrected chi connectivity index (χ1v) is 4.80. The molecule has 1 heterocycles. The fourth-order valence-electron chi connectivity index (χ4n) is 1.47. The van der Waals surface area contributed by atoms with Crippen LogP contribution in [0.15, 0.2) is 36.4 Å². The van der Waals surface area contributed by atoms with Gasteiger partial charge in [0.1, 0.15) is 17.5 Å². The molecule has 0 aliphatic rings. The van der Waals surface area contributed by atoms with Gasteiger partial charge in [-0.1, -0.05) is 6.07 Å². The average Bonchev–Trinajstić information content (AvgIpc) is 2.24. The molecule has 0 amide bonds. The van der Waals surface area contributed by atoms with Crippen LogP contribution in [0.1, 0.15) is 11.3 Å². The molecule has 16 heavy (non-hydrogen) atoms. The molecule has 2 nitrogen and oxygen atoms in total. The van der Waals surface area contributed by atoms with Gasteiger partial charge in [-0.15, -0.1) is 0 Å². The Bertz CT molecular complexity index is 512. The molecule has 2 aromatic rings. The lowest BCUT2D eigenvalue weighted by Gasteiger charge is -2.03. The summed E-state index contributed by atoms with van der Waals surface area (Å²) >= 11 is 0. The van der Waals surface area contributed by atoms with Crippen LogP contribution < -0.4 is 5.73 Å². The van der Waals surface area contributed by atoms with Crippen LogP contribution >= 0.6 is 0 Å². The Morgan fingerprint density at radius 3 is 2.69 bits per heavy atom. The molecule has 0 atom stereocenters. The van der Waals surface area contributed by atoms with Gasteiger partial charge in [-0.25, -0.2) is 13.8 Å². The number of rotatable bonds is 2. The predicted octanol–water partition coefficient (Wildman–Crippen LogP) is 2.53. The number of anilines is 1. The first kappa shape index (κ1) is 10.5. The number of benzene rings is 1. The molecule has 0 fully saturated rings. The van der Waals surface area contributed by atoms with E-state index in [1.54, 1.807) is 18.2 Å². The monoisotopic (exact) mass is 220 g/mol. The highest BCUT2D eigenvalue weighted by Gasteiger charge is 2.05. The lowest BCUT2D eigenvalue weighted by molar-refractivity contribution is 0.588. The van der Waals surface area contributed by atoms with Crippen LogP contribution in [0.5, 0.6) is 0 Å². The molecule has 1 aromatic heterocycles. The van der Waals surface area contributed by atoms with Gasteiger partial charge < -0.3 is 5.73 Å². The van der Waals surface area contributed by atoms with Crippen LogP contribution in [-0.2, 0) is 6.42 Å². The summed E-state index contributed by atoms with van der Waals surface area (Å²) in [6, 6.07) is 8.46. The van der Waals surface area contributed by atoms with Crippen LogP contribution in [-0.4, -0.2) is 4.98 Å². The summed E-state index contributed by atoms with van der Waals surface area (Å²) in [5.74, 6) is -0.528. The molecule has 0 saturated carbocycles. The maximum Gasteiger partial charge on any atom is 0.126 e. The molecular formula is C12H10F2N2. The van der Waals surface area contributed by atoms with E-state index in [-0.39, 0.29) is 12.0 Å². The third-order valence-corrected chi connectivity index (χ3v) is 2.21. The van der Waals surface area contributed by atoms with E-state index < -0.39 is 11.6 Å². The highest BCUT2D eigenvalue weighted by molar-refractivity contribution is 5.31. The second-order valence-corrected chi connectivity index (χ2v) is 3.47. The smallest absolute Gasteiger partial charge is 0.126 e. The number of halogens is 2. The topological polar surface area (TPSA) is 38.9 Å². The summed E-state index contributed by atoms with van der Waals surface area (Å²) in [6.07, 6.45) is 0.231. The molecule has 0 spiro atoms. The van der Waals surface area contributed by atoms with Crippen molar-refractivity contribution in [3.05, 3.63) is 59.3 Å². The minimum Gasteiger partial charge on any atom is -0.384 e. The van der Waals surface area contributed by atoms with Gasteiger partial charge in [0.25, 0.3) is 0 Å². The van der Waals surface area contributed by atoms with Gasteiger partial charge in [0.2, 0.25) is 0 Å². The average molecular weight is 220 g/mol.